The van der Waals surface area contributed by atoms with Crippen LogP contribution in [0.5, 0.6) is 0 Å². The fourth-order valence-corrected chi connectivity index (χ4v) is 3.03. The van der Waals surface area contributed by atoms with Gasteiger partial charge in [-0.2, -0.15) is 0 Å². The molecule has 164 valence electrons. The van der Waals surface area contributed by atoms with Gasteiger partial charge in [0.15, 0.2) is 5.65 Å². The van der Waals surface area contributed by atoms with Crippen molar-refractivity contribution in [2.75, 3.05) is 32.5 Å². The summed E-state index contributed by atoms with van der Waals surface area (Å²) in [6, 6.07) is 4.22. The maximum absolute atomic E-state index is 13.8. The number of carbonyl (C=O) groups excluding carboxylic acids is 1. The smallest absolute Gasteiger partial charge is 0.255 e. The van der Waals surface area contributed by atoms with Gasteiger partial charge in [-0.05, 0) is 53.1 Å². The molecule has 2 heterocycles. The monoisotopic (exact) mass is 425 g/mol. The Hall–Kier alpha value is -3.33. The van der Waals surface area contributed by atoms with Crippen molar-refractivity contribution < 1.29 is 9.18 Å². The number of hydrogen-bond acceptors (Lipinski definition) is 6. The van der Waals surface area contributed by atoms with E-state index in [2.05, 4.69) is 25.6 Å². The fraction of sp³-hybridized carbons (Fsp3) is 0.364. The third kappa shape index (κ3) is 5.43. The Kier molecular flexibility index (Phi) is 6.35. The summed E-state index contributed by atoms with van der Waals surface area (Å²) in [5, 5.41) is 14.8. The Morgan fingerprint density at radius 1 is 1.26 bits per heavy atom. The Labute approximate surface area is 180 Å². The molecule has 0 spiro atoms. The summed E-state index contributed by atoms with van der Waals surface area (Å²) in [5.74, 6) is -0.665. The molecular formula is C22H28FN7O. The van der Waals surface area contributed by atoms with Crippen LogP contribution in [0, 0.1) is 11.2 Å². The predicted octanol–water partition coefficient (Wildman–Crippen LogP) is 3.01. The van der Waals surface area contributed by atoms with E-state index >= 15 is 0 Å². The molecule has 0 atom stereocenters. The number of aromatic nitrogens is 3. The first-order chi connectivity index (χ1) is 14.5. The van der Waals surface area contributed by atoms with Crippen LogP contribution in [-0.4, -0.2) is 64.2 Å². The number of amides is 1. The molecule has 0 fully saturated rings. The molecule has 0 unspecified atom stereocenters. The van der Waals surface area contributed by atoms with Crippen LogP contribution in [0.3, 0.4) is 0 Å². The summed E-state index contributed by atoms with van der Waals surface area (Å²) in [4.78, 5) is 26.4. The second-order valence-corrected chi connectivity index (χ2v) is 8.65. The number of anilines is 1. The van der Waals surface area contributed by atoms with Crippen LogP contribution < -0.4 is 10.6 Å². The van der Waals surface area contributed by atoms with Crippen molar-refractivity contribution in [3.8, 4) is 0 Å². The van der Waals surface area contributed by atoms with Crippen molar-refractivity contribution in [1.82, 2.24) is 25.2 Å². The first-order valence-electron chi connectivity index (χ1n) is 9.99. The fourth-order valence-electron chi connectivity index (χ4n) is 3.03. The van der Waals surface area contributed by atoms with Crippen molar-refractivity contribution in [3.63, 3.8) is 0 Å². The Balaban J connectivity index is 1.94. The minimum atomic E-state index is -0.403. The summed E-state index contributed by atoms with van der Waals surface area (Å²) >= 11 is 0. The lowest BCUT2D eigenvalue weighted by Gasteiger charge is -2.20. The quantitative estimate of drug-likeness (QED) is 0.435. The van der Waals surface area contributed by atoms with Crippen LogP contribution >= 0.6 is 0 Å². The molecule has 0 saturated carbocycles. The molecule has 0 saturated heterocycles. The summed E-state index contributed by atoms with van der Waals surface area (Å²) in [5.41, 5.74) is 2.19. The van der Waals surface area contributed by atoms with Gasteiger partial charge in [-0.25, -0.2) is 14.4 Å². The van der Waals surface area contributed by atoms with E-state index in [0.717, 1.165) is 6.54 Å². The lowest BCUT2D eigenvalue weighted by molar-refractivity contribution is 0.0921. The second-order valence-electron chi connectivity index (χ2n) is 8.65. The number of likely N-dealkylation sites (N-methyl/N-ethyl adjacent to an activating group) is 1. The number of nitrogens with zero attached hydrogens (tertiary/aromatic N) is 3. The van der Waals surface area contributed by atoms with Crippen LogP contribution in [0.2, 0.25) is 0 Å². The second kappa shape index (κ2) is 8.81. The standard InChI is InChI=1S/C22H28FN7O/c1-22(2,3)29-21(31)15-11-26-20-19(15)28-17(12-27-20)18(24)14-7-6-13(23)10-16(14)25-8-9-30(4)5/h6-7,10-12,24-25H,8-9H2,1-5H3,(H,26,27)(H,29,31). The minimum Gasteiger partial charge on any atom is -0.383 e. The van der Waals surface area contributed by atoms with Gasteiger partial charge in [0.05, 0.1) is 17.5 Å². The van der Waals surface area contributed by atoms with E-state index in [1.165, 1.54) is 18.3 Å². The molecule has 8 nitrogen and oxygen atoms in total. The normalized spacial score (nSPS) is 11.7. The van der Waals surface area contributed by atoms with E-state index in [9.17, 15) is 9.18 Å². The molecule has 0 aliphatic rings. The van der Waals surface area contributed by atoms with Crippen LogP contribution in [0.1, 0.15) is 42.4 Å². The van der Waals surface area contributed by atoms with Gasteiger partial charge in [-0.3, -0.25) is 10.2 Å². The summed E-state index contributed by atoms with van der Waals surface area (Å²) in [6.45, 7) is 7.03. The van der Waals surface area contributed by atoms with Gasteiger partial charge in [0.25, 0.3) is 5.91 Å². The maximum atomic E-state index is 13.8. The molecule has 1 aromatic carbocycles. The largest absolute Gasteiger partial charge is 0.383 e. The number of hydrogen-bond donors (Lipinski definition) is 4. The molecular weight excluding hydrogens is 397 g/mol. The highest BCUT2D eigenvalue weighted by Gasteiger charge is 2.21. The SMILES string of the molecule is CN(C)CCNc1cc(F)ccc1C(=N)c1cnc2[nH]cc(C(=O)NC(C)(C)C)c2n1. The molecule has 0 aliphatic heterocycles. The number of rotatable bonds is 7. The third-order valence-electron chi connectivity index (χ3n) is 4.50. The first-order valence-corrected chi connectivity index (χ1v) is 9.99. The average Bonchev–Trinajstić information content (AvgIpc) is 3.09. The first kappa shape index (κ1) is 22.4. The van der Waals surface area contributed by atoms with E-state index in [1.54, 1.807) is 12.3 Å². The number of benzene rings is 1. The van der Waals surface area contributed by atoms with E-state index in [-0.39, 0.29) is 11.6 Å². The molecule has 31 heavy (non-hydrogen) atoms. The minimum absolute atomic E-state index is 0.0881. The van der Waals surface area contributed by atoms with Crippen molar-refractivity contribution in [2.45, 2.75) is 26.3 Å². The summed E-state index contributed by atoms with van der Waals surface area (Å²) in [6.07, 6.45) is 3.03. The lowest BCUT2D eigenvalue weighted by atomic mass is 10.0. The van der Waals surface area contributed by atoms with E-state index in [1.807, 2.05) is 39.8 Å². The molecule has 2 aromatic heterocycles. The van der Waals surface area contributed by atoms with Crippen molar-refractivity contribution in [2.24, 2.45) is 0 Å². The van der Waals surface area contributed by atoms with Gasteiger partial charge in [-0.15, -0.1) is 0 Å². The molecule has 3 aromatic rings. The third-order valence-corrected chi connectivity index (χ3v) is 4.50. The number of carbonyl (C=O) groups is 1. The lowest BCUT2D eigenvalue weighted by Crippen LogP contribution is -2.40. The van der Waals surface area contributed by atoms with Gasteiger partial charge >= 0.3 is 0 Å². The van der Waals surface area contributed by atoms with Crippen LogP contribution in [0.4, 0.5) is 10.1 Å². The van der Waals surface area contributed by atoms with E-state index in [4.69, 9.17) is 5.41 Å². The van der Waals surface area contributed by atoms with Crippen molar-refractivity contribution in [3.05, 3.63) is 53.2 Å². The molecule has 0 bridgehead atoms. The van der Waals surface area contributed by atoms with Crippen LogP contribution in [-0.2, 0) is 0 Å². The summed E-state index contributed by atoms with van der Waals surface area (Å²) in [7, 11) is 3.90. The van der Waals surface area contributed by atoms with Gasteiger partial charge < -0.3 is 20.5 Å². The zero-order chi connectivity index (χ0) is 22.8. The van der Waals surface area contributed by atoms with Crippen LogP contribution in [0.25, 0.3) is 11.2 Å². The highest BCUT2D eigenvalue weighted by molar-refractivity contribution is 6.14. The van der Waals surface area contributed by atoms with Crippen molar-refractivity contribution in [1.29, 1.82) is 5.41 Å². The molecule has 0 aliphatic carbocycles. The Morgan fingerprint density at radius 2 is 2.00 bits per heavy atom. The van der Waals surface area contributed by atoms with Gasteiger partial charge in [0.1, 0.15) is 17.0 Å². The van der Waals surface area contributed by atoms with Crippen LogP contribution in [0.15, 0.2) is 30.6 Å². The Bertz CT molecular complexity index is 1110. The highest BCUT2D eigenvalue weighted by Crippen LogP contribution is 2.22. The number of aromatic amines is 1. The van der Waals surface area contributed by atoms with E-state index < -0.39 is 11.4 Å². The number of H-pyrrole nitrogens is 1. The van der Waals surface area contributed by atoms with Gasteiger partial charge in [-0.1, -0.05) is 0 Å². The number of fused-ring (bicyclic) bond motifs is 1. The number of nitrogens with one attached hydrogen (secondary N) is 4. The zero-order valence-corrected chi connectivity index (χ0v) is 18.4. The Morgan fingerprint density at radius 3 is 2.68 bits per heavy atom. The van der Waals surface area contributed by atoms with E-state index in [0.29, 0.717) is 40.2 Å². The molecule has 0 radical (unpaired) electrons. The molecule has 3 rings (SSSR count). The molecule has 1 amide bonds. The van der Waals surface area contributed by atoms with Gasteiger partial charge in [0, 0.05) is 36.1 Å². The zero-order valence-electron chi connectivity index (χ0n) is 18.4. The number of halogens is 1. The average molecular weight is 426 g/mol. The highest BCUT2D eigenvalue weighted by atomic mass is 19.1. The van der Waals surface area contributed by atoms with Crippen molar-refractivity contribution >= 4 is 28.5 Å². The predicted molar refractivity (Wildman–Crippen MR) is 120 cm³/mol. The molecule has 4 N–H and O–H groups in total. The van der Waals surface area contributed by atoms with Gasteiger partial charge in [0.2, 0.25) is 0 Å². The topological polar surface area (TPSA) is 110 Å². The maximum Gasteiger partial charge on any atom is 0.255 e. The molecule has 9 heteroatoms. The summed E-state index contributed by atoms with van der Waals surface area (Å²) < 4.78 is 13.8.